The van der Waals surface area contributed by atoms with E-state index in [1.807, 2.05) is 18.3 Å². The summed E-state index contributed by atoms with van der Waals surface area (Å²) in [5.41, 5.74) is 1.10. The SMILES string of the molecule is CN=C(NCCCN1CCC(C)CC1)NCc1ccc(OC)nc1. The van der Waals surface area contributed by atoms with Gasteiger partial charge in [0.2, 0.25) is 5.88 Å². The van der Waals surface area contributed by atoms with E-state index in [0.29, 0.717) is 12.4 Å². The lowest BCUT2D eigenvalue weighted by Gasteiger charge is -2.30. The Morgan fingerprint density at radius 2 is 2.12 bits per heavy atom. The summed E-state index contributed by atoms with van der Waals surface area (Å²) in [5, 5.41) is 6.69. The first-order chi connectivity index (χ1) is 11.7. The first-order valence-electron chi connectivity index (χ1n) is 8.87. The van der Waals surface area contributed by atoms with E-state index in [9.17, 15) is 0 Å². The minimum Gasteiger partial charge on any atom is -0.481 e. The highest BCUT2D eigenvalue weighted by atomic mass is 16.5. The Labute approximate surface area is 145 Å². The van der Waals surface area contributed by atoms with E-state index < -0.39 is 0 Å². The van der Waals surface area contributed by atoms with Crippen LogP contribution in [0.5, 0.6) is 5.88 Å². The summed E-state index contributed by atoms with van der Waals surface area (Å²) in [6, 6.07) is 3.87. The molecule has 1 aliphatic heterocycles. The average Bonchev–Trinajstić information content (AvgIpc) is 2.63. The van der Waals surface area contributed by atoms with Crippen LogP contribution in [-0.4, -0.2) is 56.2 Å². The number of piperidine rings is 1. The van der Waals surface area contributed by atoms with Crippen molar-refractivity contribution in [2.45, 2.75) is 32.7 Å². The van der Waals surface area contributed by atoms with Crippen molar-refractivity contribution in [2.75, 3.05) is 40.3 Å². The van der Waals surface area contributed by atoms with Crippen LogP contribution in [-0.2, 0) is 6.54 Å². The summed E-state index contributed by atoms with van der Waals surface area (Å²) >= 11 is 0. The molecule has 0 radical (unpaired) electrons. The topological polar surface area (TPSA) is 61.8 Å². The first-order valence-corrected chi connectivity index (χ1v) is 8.87. The van der Waals surface area contributed by atoms with Gasteiger partial charge in [-0.25, -0.2) is 4.98 Å². The predicted octanol–water partition coefficient (Wildman–Crippen LogP) is 1.88. The number of nitrogens with one attached hydrogen (secondary N) is 2. The maximum absolute atomic E-state index is 5.07. The molecule has 0 spiro atoms. The van der Waals surface area contributed by atoms with Crippen LogP contribution in [0.25, 0.3) is 0 Å². The molecule has 134 valence electrons. The average molecular weight is 333 g/mol. The van der Waals surface area contributed by atoms with Gasteiger partial charge in [-0.15, -0.1) is 0 Å². The standard InChI is InChI=1S/C18H31N5O/c1-15-7-11-23(12-8-15)10-4-9-20-18(19-2)22-14-16-5-6-17(24-3)21-13-16/h5-6,13,15H,4,7-12,14H2,1-3H3,(H2,19,20,22). The molecule has 0 atom stereocenters. The molecule has 1 saturated heterocycles. The van der Waals surface area contributed by atoms with Crippen molar-refractivity contribution in [3.63, 3.8) is 0 Å². The van der Waals surface area contributed by atoms with Gasteiger partial charge in [0, 0.05) is 32.4 Å². The number of likely N-dealkylation sites (tertiary alicyclic amines) is 1. The first kappa shape index (κ1) is 18.5. The highest BCUT2D eigenvalue weighted by molar-refractivity contribution is 5.79. The Balaban J connectivity index is 1.61. The van der Waals surface area contributed by atoms with Gasteiger partial charge in [-0.3, -0.25) is 4.99 Å². The Kier molecular flexibility index (Phi) is 7.82. The molecule has 0 unspecified atom stereocenters. The summed E-state index contributed by atoms with van der Waals surface area (Å²) in [7, 11) is 3.42. The molecule has 1 fully saturated rings. The Morgan fingerprint density at radius 3 is 2.75 bits per heavy atom. The van der Waals surface area contributed by atoms with Gasteiger partial charge in [0.05, 0.1) is 7.11 Å². The molecule has 2 N–H and O–H groups in total. The summed E-state index contributed by atoms with van der Waals surface area (Å²) < 4.78 is 5.07. The lowest BCUT2D eigenvalue weighted by Crippen LogP contribution is -2.39. The lowest BCUT2D eigenvalue weighted by molar-refractivity contribution is 0.191. The van der Waals surface area contributed by atoms with Gasteiger partial charge in [0.15, 0.2) is 5.96 Å². The van der Waals surface area contributed by atoms with Gasteiger partial charge < -0.3 is 20.3 Å². The van der Waals surface area contributed by atoms with Gasteiger partial charge in [-0.05, 0) is 50.4 Å². The number of aromatic nitrogens is 1. The quantitative estimate of drug-likeness (QED) is 0.453. The van der Waals surface area contributed by atoms with E-state index in [1.54, 1.807) is 14.2 Å². The van der Waals surface area contributed by atoms with Crippen LogP contribution >= 0.6 is 0 Å². The molecule has 0 bridgehead atoms. The van der Waals surface area contributed by atoms with E-state index >= 15 is 0 Å². The summed E-state index contributed by atoms with van der Waals surface area (Å²) in [6.07, 6.45) is 5.63. The molecule has 0 aliphatic carbocycles. The van der Waals surface area contributed by atoms with E-state index in [1.165, 1.54) is 32.5 Å². The number of hydrogen-bond donors (Lipinski definition) is 2. The molecule has 2 rings (SSSR count). The zero-order valence-electron chi connectivity index (χ0n) is 15.2. The monoisotopic (exact) mass is 333 g/mol. The minimum absolute atomic E-state index is 0.633. The summed E-state index contributed by atoms with van der Waals surface area (Å²) in [4.78, 5) is 11.0. The molecule has 6 heteroatoms. The number of ether oxygens (including phenoxy) is 1. The Bertz CT molecular complexity index is 495. The number of hydrogen-bond acceptors (Lipinski definition) is 4. The van der Waals surface area contributed by atoms with Gasteiger partial charge >= 0.3 is 0 Å². The second-order valence-electron chi connectivity index (χ2n) is 6.44. The molecular formula is C18H31N5O. The highest BCUT2D eigenvalue weighted by Crippen LogP contribution is 2.15. The van der Waals surface area contributed by atoms with Crippen molar-refractivity contribution in [2.24, 2.45) is 10.9 Å². The van der Waals surface area contributed by atoms with Gasteiger partial charge in [0.1, 0.15) is 0 Å². The molecule has 1 aromatic heterocycles. The van der Waals surface area contributed by atoms with E-state index in [2.05, 4.69) is 32.4 Å². The zero-order valence-corrected chi connectivity index (χ0v) is 15.2. The molecule has 1 aromatic rings. The second kappa shape index (κ2) is 10.1. The van der Waals surface area contributed by atoms with Crippen molar-refractivity contribution in [1.29, 1.82) is 0 Å². The third-order valence-corrected chi connectivity index (χ3v) is 4.51. The highest BCUT2D eigenvalue weighted by Gasteiger charge is 2.14. The molecule has 0 amide bonds. The van der Waals surface area contributed by atoms with E-state index in [4.69, 9.17) is 4.74 Å². The van der Waals surface area contributed by atoms with Gasteiger partial charge in [-0.1, -0.05) is 13.0 Å². The van der Waals surface area contributed by atoms with Gasteiger partial charge in [-0.2, -0.15) is 0 Å². The molecule has 24 heavy (non-hydrogen) atoms. The summed E-state index contributed by atoms with van der Waals surface area (Å²) in [6.45, 7) is 7.65. The van der Waals surface area contributed by atoms with Crippen LogP contribution in [0.2, 0.25) is 0 Å². The van der Waals surface area contributed by atoms with Crippen LogP contribution < -0.4 is 15.4 Å². The van der Waals surface area contributed by atoms with Crippen molar-refractivity contribution >= 4 is 5.96 Å². The third-order valence-electron chi connectivity index (χ3n) is 4.51. The number of pyridine rings is 1. The van der Waals surface area contributed by atoms with Crippen molar-refractivity contribution in [3.05, 3.63) is 23.9 Å². The molecular weight excluding hydrogens is 302 g/mol. The minimum atomic E-state index is 0.633. The van der Waals surface area contributed by atoms with Crippen LogP contribution in [0.3, 0.4) is 0 Å². The number of methoxy groups -OCH3 is 1. The number of aliphatic imine (C=N–C) groups is 1. The zero-order chi connectivity index (χ0) is 17.2. The van der Waals surface area contributed by atoms with E-state index in [-0.39, 0.29) is 0 Å². The fourth-order valence-corrected chi connectivity index (χ4v) is 2.84. The third kappa shape index (κ3) is 6.35. The number of rotatable bonds is 7. The summed E-state index contributed by atoms with van der Waals surface area (Å²) in [5.74, 6) is 2.36. The van der Waals surface area contributed by atoms with Crippen LogP contribution in [0.15, 0.2) is 23.3 Å². The Hall–Kier alpha value is -1.82. The maximum atomic E-state index is 5.07. The van der Waals surface area contributed by atoms with Crippen LogP contribution in [0.1, 0.15) is 31.7 Å². The van der Waals surface area contributed by atoms with Crippen molar-refractivity contribution in [1.82, 2.24) is 20.5 Å². The predicted molar refractivity (Wildman–Crippen MR) is 98.4 cm³/mol. The van der Waals surface area contributed by atoms with Gasteiger partial charge in [0.25, 0.3) is 0 Å². The molecule has 6 nitrogen and oxygen atoms in total. The fourth-order valence-electron chi connectivity index (χ4n) is 2.84. The smallest absolute Gasteiger partial charge is 0.212 e. The van der Waals surface area contributed by atoms with Crippen LogP contribution in [0, 0.1) is 5.92 Å². The molecule has 0 aromatic carbocycles. The van der Waals surface area contributed by atoms with Crippen molar-refractivity contribution < 1.29 is 4.74 Å². The largest absolute Gasteiger partial charge is 0.481 e. The molecule has 2 heterocycles. The second-order valence-corrected chi connectivity index (χ2v) is 6.44. The van der Waals surface area contributed by atoms with E-state index in [0.717, 1.165) is 30.4 Å². The Morgan fingerprint density at radius 1 is 1.33 bits per heavy atom. The lowest BCUT2D eigenvalue weighted by atomic mass is 9.99. The number of guanidine groups is 1. The molecule has 1 aliphatic rings. The van der Waals surface area contributed by atoms with Crippen molar-refractivity contribution in [3.8, 4) is 5.88 Å². The fraction of sp³-hybridized carbons (Fsp3) is 0.667. The molecule has 0 saturated carbocycles. The normalized spacial score (nSPS) is 16.9. The van der Waals surface area contributed by atoms with Crippen LogP contribution in [0.4, 0.5) is 0 Å². The maximum Gasteiger partial charge on any atom is 0.212 e. The number of nitrogens with zero attached hydrogens (tertiary/aromatic N) is 3.